The van der Waals surface area contributed by atoms with E-state index in [2.05, 4.69) is 36.0 Å². The molecule has 0 N–H and O–H groups in total. The van der Waals surface area contributed by atoms with Gasteiger partial charge < -0.3 is 9.64 Å². The third-order valence-electron chi connectivity index (χ3n) is 3.27. The van der Waals surface area contributed by atoms with Gasteiger partial charge in [0.05, 0.1) is 6.20 Å². The summed E-state index contributed by atoms with van der Waals surface area (Å²) in [6.45, 7) is 10.5. The molecule has 0 aliphatic carbocycles. The first kappa shape index (κ1) is 15.9. The summed E-state index contributed by atoms with van der Waals surface area (Å²) in [6, 6.07) is 2.01. The van der Waals surface area contributed by atoms with Crippen LogP contribution >= 0.6 is 0 Å². The predicted octanol–water partition coefficient (Wildman–Crippen LogP) is 3.10. The number of piperidine rings is 1. The summed E-state index contributed by atoms with van der Waals surface area (Å²) in [5, 5.41) is 8.05. The standard InChI is InChI=1S/C13H21N3O.C2H6/c1-10(2)11-8-13(15-14-9-11)17-12-4-6-16(3)7-5-12;1-2/h8-10,12H,4-7H2,1-3H3;1-2H3. The Morgan fingerprint density at radius 2 is 1.89 bits per heavy atom. The van der Waals surface area contributed by atoms with Crippen LogP contribution in [0.25, 0.3) is 0 Å². The highest BCUT2D eigenvalue weighted by atomic mass is 16.5. The fourth-order valence-corrected chi connectivity index (χ4v) is 2.01. The van der Waals surface area contributed by atoms with Crippen LogP contribution < -0.4 is 4.74 Å². The minimum Gasteiger partial charge on any atom is -0.473 e. The van der Waals surface area contributed by atoms with Crippen molar-refractivity contribution in [1.29, 1.82) is 0 Å². The maximum atomic E-state index is 5.89. The summed E-state index contributed by atoms with van der Waals surface area (Å²) in [4.78, 5) is 2.33. The molecular weight excluding hydrogens is 238 g/mol. The van der Waals surface area contributed by atoms with Gasteiger partial charge in [-0.05, 0) is 31.4 Å². The summed E-state index contributed by atoms with van der Waals surface area (Å²) in [7, 11) is 2.15. The SMILES string of the molecule is CC.CC(C)c1cnnc(OC2CCN(C)CC2)c1. The van der Waals surface area contributed by atoms with E-state index in [-0.39, 0.29) is 0 Å². The number of hydrogen-bond acceptors (Lipinski definition) is 4. The van der Waals surface area contributed by atoms with Crippen molar-refractivity contribution in [2.24, 2.45) is 0 Å². The number of aromatic nitrogens is 2. The number of nitrogens with zero attached hydrogens (tertiary/aromatic N) is 3. The maximum Gasteiger partial charge on any atom is 0.233 e. The molecule has 4 nitrogen and oxygen atoms in total. The Bertz CT molecular complexity index is 360. The second kappa shape index (κ2) is 8.10. The smallest absolute Gasteiger partial charge is 0.233 e. The first-order valence-corrected chi connectivity index (χ1v) is 7.33. The molecule has 19 heavy (non-hydrogen) atoms. The van der Waals surface area contributed by atoms with Gasteiger partial charge in [0, 0.05) is 19.2 Å². The average Bonchev–Trinajstić information content (AvgIpc) is 2.44. The highest BCUT2D eigenvalue weighted by molar-refractivity contribution is 5.20. The van der Waals surface area contributed by atoms with Crippen LogP contribution in [0.5, 0.6) is 5.88 Å². The predicted molar refractivity (Wildman–Crippen MR) is 78.6 cm³/mol. The molecule has 0 amide bonds. The molecule has 0 unspecified atom stereocenters. The monoisotopic (exact) mass is 265 g/mol. The molecule has 1 aliphatic rings. The normalized spacial score (nSPS) is 16.9. The van der Waals surface area contributed by atoms with Crippen molar-refractivity contribution in [3.05, 3.63) is 17.8 Å². The van der Waals surface area contributed by atoms with E-state index >= 15 is 0 Å². The maximum absolute atomic E-state index is 5.89. The van der Waals surface area contributed by atoms with Crippen LogP contribution in [0.15, 0.2) is 12.3 Å². The van der Waals surface area contributed by atoms with Gasteiger partial charge in [0.2, 0.25) is 5.88 Å². The molecule has 0 bridgehead atoms. The molecule has 2 heterocycles. The third-order valence-corrected chi connectivity index (χ3v) is 3.27. The Labute approximate surface area is 117 Å². The van der Waals surface area contributed by atoms with E-state index in [1.807, 2.05) is 26.1 Å². The zero-order valence-corrected chi connectivity index (χ0v) is 12.9. The lowest BCUT2D eigenvalue weighted by Crippen LogP contribution is -2.35. The van der Waals surface area contributed by atoms with Gasteiger partial charge in [0.15, 0.2) is 0 Å². The van der Waals surface area contributed by atoms with Crippen LogP contribution in [0, 0.1) is 0 Å². The van der Waals surface area contributed by atoms with Crippen molar-refractivity contribution >= 4 is 0 Å². The molecule has 4 heteroatoms. The van der Waals surface area contributed by atoms with Crippen molar-refractivity contribution in [2.75, 3.05) is 20.1 Å². The van der Waals surface area contributed by atoms with E-state index in [1.165, 1.54) is 5.56 Å². The van der Waals surface area contributed by atoms with Crippen LogP contribution in [-0.4, -0.2) is 41.3 Å². The lowest BCUT2D eigenvalue weighted by atomic mass is 10.1. The van der Waals surface area contributed by atoms with Crippen LogP contribution in [0.1, 0.15) is 52.0 Å². The summed E-state index contributed by atoms with van der Waals surface area (Å²) in [6.07, 6.45) is 4.25. The van der Waals surface area contributed by atoms with Crippen LogP contribution in [0.2, 0.25) is 0 Å². The molecule has 0 saturated carbocycles. The van der Waals surface area contributed by atoms with E-state index in [4.69, 9.17) is 4.74 Å². The van der Waals surface area contributed by atoms with Crippen LogP contribution in [0.4, 0.5) is 0 Å². The van der Waals surface area contributed by atoms with E-state index < -0.39 is 0 Å². The highest BCUT2D eigenvalue weighted by Crippen LogP contribution is 2.20. The number of rotatable bonds is 3. The van der Waals surface area contributed by atoms with Gasteiger partial charge in [-0.2, -0.15) is 5.10 Å². The first-order chi connectivity index (χ1) is 9.15. The largest absolute Gasteiger partial charge is 0.473 e. The van der Waals surface area contributed by atoms with Gasteiger partial charge in [0.1, 0.15) is 6.10 Å². The molecule has 0 radical (unpaired) electrons. The minimum atomic E-state index is 0.294. The second-order valence-corrected chi connectivity index (χ2v) is 5.10. The summed E-state index contributed by atoms with van der Waals surface area (Å²) in [5.41, 5.74) is 1.18. The Hall–Kier alpha value is -1.16. The van der Waals surface area contributed by atoms with E-state index in [9.17, 15) is 0 Å². The molecule has 0 aromatic carbocycles. The zero-order chi connectivity index (χ0) is 14.3. The fourth-order valence-electron chi connectivity index (χ4n) is 2.01. The van der Waals surface area contributed by atoms with Crippen molar-refractivity contribution in [3.8, 4) is 5.88 Å². The first-order valence-electron chi connectivity index (χ1n) is 7.33. The molecule has 1 saturated heterocycles. The zero-order valence-electron chi connectivity index (χ0n) is 12.9. The van der Waals surface area contributed by atoms with Gasteiger partial charge in [-0.15, -0.1) is 5.10 Å². The van der Waals surface area contributed by atoms with E-state index in [1.54, 1.807) is 0 Å². The highest BCUT2D eigenvalue weighted by Gasteiger charge is 2.18. The average molecular weight is 265 g/mol. The number of hydrogen-bond donors (Lipinski definition) is 0. The molecule has 1 aromatic rings. The summed E-state index contributed by atoms with van der Waals surface area (Å²) < 4.78 is 5.89. The third kappa shape index (κ3) is 5.15. The van der Waals surface area contributed by atoms with Gasteiger partial charge in [-0.1, -0.05) is 27.7 Å². The van der Waals surface area contributed by atoms with Crippen LogP contribution in [-0.2, 0) is 0 Å². The van der Waals surface area contributed by atoms with Gasteiger partial charge >= 0.3 is 0 Å². The molecule has 0 spiro atoms. The summed E-state index contributed by atoms with van der Waals surface area (Å²) >= 11 is 0. The molecule has 1 aromatic heterocycles. The van der Waals surface area contributed by atoms with Gasteiger partial charge in [-0.25, -0.2) is 0 Å². The van der Waals surface area contributed by atoms with Crippen molar-refractivity contribution in [1.82, 2.24) is 15.1 Å². The van der Waals surface area contributed by atoms with Gasteiger partial charge in [-0.3, -0.25) is 0 Å². The van der Waals surface area contributed by atoms with E-state index in [0.29, 0.717) is 17.9 Å². The quantitative estimate of drug-likeness (QED) is 0.841. The molecule has 2 rings (SSSR count). The Balaban J connectivity index is 0.000000861. The van der Waals surface area contributed by atoms with Crippen molar-refractivity contribution in [2.45, 2.75) is 52.6 Å². The van der Waals surface area contributed by atoms with Crippen molar-refractivity contribution in [3.63, 3.8) is 0 Å². The number of ether oxygens (including phenoxy) is 1. The minimum absolute atomic E-state index is 0.294. The van der Waals surface area contributed by atoms with E-state index in [0.717, 1.165) is 25.9 Å². The summed E-state index contributed by atoms with van der Waals surface area (Å²) in [5.74, 6) is 1.14. The molecular formula is C15H27N3O. The Morgan fingerprint density at radius 3 is 2.47 bits per heavy atom. The van der Waals surface area contributed by atoms with Crippen LogP contribution in [0.3, 0.4) is 0 Å². The van der Waals surface area contributed by atoms with Crippen molar-refractivity contribution < 1.29 is 4.74 Å². The lowest BCUT2D eigenvalue weighted by molar-refractivity contribution is 0.109. The second-order valence-electron chi connectivity index (χ2n) is 5.10. The lowest BCUT2D eigenvalue weighted by Gasteiger charge is -2.28. The topological polar surface area (TPSA) is 38.3 Å². The molecule has 1 aliphatic heterocycles. The molecule has 1 fully saturated rings. The molecule has 0 atom stereocenters. The van der Waals surface area contributed by atoms with Gasteiger partial charge in [0.25, 0.3) is 0 Å². The Morgan fingerprint density at radius 1 is 1.26 bits per heavy atom. The number of likely N-dealkylation sites (tertiary alicyclic amines) is 1. The fraction of sp³-hybridized carbons (Fsp3) is 0.733. The Kier molecular flexibility index (Phi) is 6.78. The molecule has 108 valence electrons.